The van der Waals surface area contributed by atoms with Gasteiger partial charge in [-0.2, -0.15) is 0 Å². The predicted octanol–water partition coefficient (Wildman–Crippen LogP) is 1.11. The number of amides is 1. The molecule has 0 fully saturated rings. The number of carbonyl (C=O) groups excluding carboxylic acids is 1. The van der Waals surface area contributed by atoms with E-state index in [0.717, 1.165) is 22.3 Å². The molecular formula is C17H16N2O2. The third kappa shape index (κ3) is 1.54. The molecule has 1 amide bonds. The number of nitrogens with two attached hydrogens (primary N) is 1. The molecule has 0 saturated carbocycles. The SMILES string of the molecule is NC(=O)CC12NC(O)(Cc3ccccc31)c1ccccc12. The second-order valence-electron chi connectivity index (χ2n) is 5.91. The summed E-state index contributed by atoms with van der Waals surface area (Å²) in [7, 11) is 0. The minimum Gasteiger partial charge on any atom is -0.371 e. The lowest BCUT2D eigenvalue weighted by atomic mass is 9.78. The van der Waals surface area contributed by atoms with Crippen molar-refractivity contribution < 1.29 is 9.90 Å². The molecule has 4 nitrogen and oxygen atoms in total. The fourth-order valence-electron chi connectivity index (χ4n) is 3.92. The summed E-state index contributed by atoms with van der Waals surface area (Å²) in [6, 6.07) is 15.6. The summed E-state index contributed by atoms with van der Waals surface area (Å²) in [5.74, 6) is -0.391. The first-order valence-corrected chi connectivity index (χ1v) is 7.04. The quantitative estimate of drug-likeness (QED) is 0.771. The van der Waals surface area contributed by atoms with Crippen molar-refractivity contribution in [3.8, 4) is 0 Å². The van der Waals surface area contributed by atoms with Gasteiger partial charge in [0.2, 0.25) is 5.91 Å². The first kappa shape index (κ1) is 12.6. The van der Waals surface area contributed by atoms with Gasteiger partial charge in [0.25, 0.3) is 0 Å². The van der Waals surface area contributed by atoms with Crippen molar-refractivity contribution in [2.75, 3.05) is 0 Å². The Bertz CT molecular complexity index is 758. The van der Waals surface area contributed by atoms with E-state index < -0.39 is 17.2 Å². The zero-order valence-electron chi connectivity index (χ0n) is 11.5. The van der Waals surface area contributed by atoms with E-state index in [9.17, 15) is 9.90 Å². The van der Waals surface area contributed by atoms with Gasteiger partial charge >= 0.3 is 0 Å². The Morgan fingerprint density at radius 3 is 2.43 bits per heavy atom. The molecule has 4 rings (SSSR count). The number of fused-ring (bicyclic) bond motifs is 7. The highest BCUT2D eigenvalue weighted by atomic mass is 16.3. The summed E-state index contributed by atoms with van der Waals surface area (Å²) in [6.07, 6.45) is 0.615. The van der Waals surface area contributed by atoms with Crippen LogP contribution >= 0.6 is 0 Å². The second-order valence-corrected chi connectivity index (χ2v) is 5.91. The van der Waals surface area contributed by atoms with E-state index in [1.165, 1.54) is 0 Å². The Kier molecular flexibility index (Phi) is 2.35. The number of rotatable bonds is 2. The summed E-state index contributed by atoms with van der Waals surface area (Å²) in [6.45, 7) is 0. The Balaban J connectivity index is 2.06. The standard InChI is InChI=1S/C17H16N2O2/c18-15(20)10-16-12-6-2-1-5-11(12)9-17(21,19-16)14-8-4-3-7-13(14)16/h1-8,19,21H,9-10H2,(H2,18,20). The molecule has 2 aliphatic rings. The normalized spacial score (nSPS) is 28.8. The van der Waals surface area contributed by atoms with E-state index >= 15 is 0 Å². The van der Waals surface area contributed by atoms with Crippen LogP contribution in [0.25, 0.3) is 0 Å². The average Bonchev–Trinajstić information content (AvgIpc) is 2.65. The van der Waals surface area contributed by atoms with E-state index in [1.54, 1.807) is 0 Å². The van der Waals surface area contributed by atoms with Crippen LogP contribution in [0, 0.1) is 0 Å². The number of benzene rings is 2. The highest BCUT2D eigenvalue weighted by molar-refractivity contribution is 5.78. The predicted molar refractivity (Wildman–Crippen MR) is 78.2 cm³/mol. The maximum Gasteiger partial charge on any atom is 0.219 e. The topological polar surface area (TPSA) is 75.4 Å². The maximum absolute atomic E-state index is 11.7. The van der Waals surface area contributed by atoms with Gasteiger partial charge in [-0.15, -0.1) is 0 Å². The zero-order valence-corrected chi connectivity index (χ0v) is 11.5. The molecule has 106 valence electrons. The summed E-state index contributed by atoms with van der Waals surface area (Å²) in [5.41, 5.74) is 7.49. The van der Waals surface area contributed by atoms with Crippen LogP contribution in [0.5, 0.6) is 0 Å². The third-order valence-corrected chi connectivity index (χ3v) is 4.62. The van der Waals surface area contributed by atoms with E-state index in [1.807, 2.05) is 48.5 Å². The fraction of sp³-hybridized carbons (Fsp3) is 0.235. The van der Waals surface area contributed by atoms with Gasteiger partial charge in [0, 0.05) is 12.0 Å². The molecule has 0 radical (unpaired) electrons. The van der Waals surface area contributed by atoms with Crippen LogP contribution in [0.4, 0.5) is 0 Å². The number of primary amides is 1. The highest BCUT2D eigenvalue weighted by Crippen LogP contribution is 2.51. The molecular weight excluding hydrogens is 264 g/mol. The summed E-state index contributed by atoms with van der Waals surface area (Å²) in [5, 5.41) is 14.3. The largest absolute Gasteiger partial charge is 0.371 e. The van der Waals surface area contributed by atoms with Crippen LogP contribution in [-0.4, -0.2) is 11.0 Å². The molecule has 0 aliphatic carbocycles. The van der Waals surface area contributed by atoms with Crippen molar-refractivity contribution in [2.45, 2.75) is 24.1 Å². The van der Waals surface area contributed by atoms with Crippen LogP contribution in [-0.2, 0) is 22.5 Å². The maximum atomic E-state index is 11.7. The van der Waals surface area contributed by atoms with Gasteiger partial charge in [0.1, 0.15) is 5.72 Å². The van der Waals surface area contributed by atoms with Gasteiger partial charge in [-0.05, 0) is 16.7 Å². The van der Waals surface area contributed by atoms with Crippen LogP contribution in [0.15, 0.2) is 48.5 Å². The Morgan fingerprint density at radius 2 is 1.71 bits per heavy atom. The van der Waals surface area contributed by atoms with Crippen molar-refractivity contribution >= 4 is 5.91 Å². The molecule has 2 heterocycles. The molecule has 4 N–H and O–H groups in total. The van der Waals surface area contributed by atoms with Crippen molar-refractivity contribution in [1.82, 2.24) is 5.32 Å². The molecule has 2 aliphatic heterocycles. The van der Waals surface area contributed by atoms with Crippen molar-refractivity contribution in [2.24, 2.45) is 5.73 Å². The fourth-order valence-corrected chi connectivity index (χ4v) is 3.92. The first-order valence-electron chi connectivity index (χ1n) is 7.04. The van der Waals surface area contributed by atoms with Gasteiger partial charge in [-0.1, -0.05) is 48.5 Å². The molecule has 21 heavy (non-hydrogen) atoms. The number of nitrogens with one attached hydrogen (secondary N) is 1. The molecule has 0 aromatic heterocycles. The molecule has 2 atom stereocenters. The van der Waals surface area contributed by atoms with Crippen LogP contribution in [0.1, 0.15) is 28.7 Å². The van der Waals surface area contributed by atoms with Gasteiger partial charge in [0.15, 0.2) is 0 Å². The van der Waals surface area contributed by atoms with Gasteiger partial charge < -0.3 is 10.8 Å². The Hall–Kier alpha value is -2.17. The zero-order chi connectivity index (χ0) is 14.7. The van der Waals surface area contributed by atoms with Gasteiger partial charge in [0.05, 0.1) is 12.0 Å². The molecule has 2 unspecified atom stereocenters. The number of hydrogen-bond donors (Lipinski definition) is 3. The molecule has 2 aromatic rings. The van der Waals surface area contributed by atoms with Crippen LogP contribution in [0.2, 0.25) is 0 Å². The summed E-state index contributed by atoms with van der Waals surface area (Å²) in [4.78, 5) is 11.7. The van der Waals surface area contributed by atoms with Crippen molar-refractivity contribution in [3.05, 3.63) is 70.8 Å². The molecule has 4 heteroatoms. The molecule has 0 saturated heterocycles. The van der Waals surface area contributed by atoms with E-state index in [-0.39, 0.29) is 6.42 Å². The van der Waals surface area contributed by atoms with Crippen LogP contribution < -0.4 is 11.1 Å². The lowest BCUT2D eigenvalue weighted by Gasteiger charge is -2.40. The minimum absolute atomic E-state index is 0.128. The summed E-state index contributed by atoms with van der Waals surface area (Å²) >= 11 is 0. The van der Waals surface area contributed by atoms with E-state index in [2.05, 4.69) is 5.32 Å². The van der Waals surface area contributed by atoms with E-state index in [4.69, 9.17) is 5.73 Å². The minimum atomic E-state index is -1.14. The Labute approximate surface area is 122 Å². The first-order chi connectivity index (χ1) is 10.1. The van der Waals surface area contributed by atoms with Crippen molar-refractivity contribution in [3.63, 3.8) is 0 Å². The number of carbonyl (C=O) groups is 1. The lowest BCUT2D eigenvalue weighted by molar-refractivity contribution is -0.120. The van der Waals surface area contributed by atoms with Crippen LogP contribution in [0.3, 0.4) is 0 Å². The van der Waals surface area contributed by atoms with Crippen molar-refractivity contribution in [1.29, 1.82) is 0 Å². The second kappa shape index (κ2) is 3.93. The highest BCUT2D eigenvalue weighted by Gasteiger charge is 2.56. The number of aliphatic hydroxyl groups is 1. The molecule has 0 spiro atoms. The van der Waals surface area contributed by atoms with E-state index in [0.29, 0.717) is 6.42 Å². The molecule has 2 bridgehead atoms. The monoisotopic (exact) mass is 280 g/mol. The van der Waals surface area contributed by atoms with Gasteiger partial charge in [-0.25, -0.2) is 0 Å². The Morgan fingerprint density at radius 1 is 1.10 bits per heavy atom. The summed E-state index contributed by atoms with van der Waals surface area (Å²) < 4.78 is 0. The smallest absolute Gasteiger partial charge is 0.219 e. The third-order valence-electron chi connectivity index (χ3n) is 4.62. The number of hydrogen-bond acceptors (Lipinski definition) is 3. The lowest BCUT2D eigenvalue weighted by Crippen LogP contribution is -2.54. The average molecular weight is 280 g/mol. The molecule has 2 aromatic carbocycles. The van der Waals surface area contributed by atoms with Gasteiger partial charge in [-0.3, -0.25) is 10.1 Å².